The van der Waals surface area contributed by atoms with Crippen LogP contribution in [0.15, 0.2) is 0 Å². The van der Waals surface area contributed by atoms with Crippen LogP contribution in [0.1, 0.15) is 0 Å². The lowest BCUT2D eigenvalue weighted by molar-refractivity contribution is -0.860. The molecule has 0 spiro atoms. The smallest absolute Gasteiger partial charge is 0.110 e. The quantitative estimate of drug-likeness (QED) is 0.408. The number of hydrogen-bond acceptors (Lipinski definition) is 0. The molecule has 0 saturated heterocycles. The molecule has 0 amide bonds. The van der Waals surface area contributed by atoms with E-state index in [9.17, 15) is 0 Å². The van der Waals surface area contributed by atoms with Crippen LogP contribution in [-0.4, -0.2) is 56.3 Å². The van der Waals surface area contributed by atoms with Crippen molar-refractivity contribution in [2.24, 2.45) is 0 Å². The van der Waals surface area contributed by atoms with E-state index in [1.165, 1.54) is 6.17 Å². The molecule has 0 radical (unpaired) electrons. The fourth-order valence-electron chi connectivity index (χ4n) is 1.42. The van der Waals surface area contributed by atoms with Gasteiger partial charge in [0.2, 0.25) is 0 Å². The highest BCUT2D eigenvalue weighted by Gasteiger charge is 2.22. The van der Waals surface area contributed by atoms with Crippen molar-refractivity contribution in [1.29, 1.82) is 0 Å². The summed E-state index contributed by atoms with van der Waals surface area (Å²) in [5.41, 5.74) is 0. The first kappa shape index (κ1) is 22.7. The van der Waals surface area contributed by atoms with Crippen LogP contribution >= 0.6 is 0 Å². The molecular formula is C7H26NO3Si+. The molecule has 80 valence electrons. The summed E-state index contributed by atoms with van der Waals surface area (Å²) in [6.45, 7) is 7.24. The van der Waals surface area contributed by atoms with E-state index in [2.05, 4.69) is 40.8 Å². The molecule has 0 heterocycles. The minimum absolute atomic E-state index is 0. The van der Waals surface area contributed by atoms with Gasteiger partial charge in [0.15, 0.2) is 0 Å². The van der Waals surface area contributed by atoms with Gasteiger partial charge in [0, 0.05) is 0 Å². The first-order valence-electron chi connectivity index (χ1n) is 3.51. The van der Waals surface area contributed by atoms with E-state index in [0.717, 1.165) is 4.48 Å². The van der Waals surface area contributed by atoms with Crippen molar-refractivity contribution in [1.82, 2.24) is 0 Å². The van der Waals surface area contributed by atoms with Crippen LogP contribution in [0, 0.1) is 0 Å². The van der Waals surface area contributed by atoms with E-state index >= 15 is 0 Å². The van der Waals surface area contributed by atoms with Gasteiger partial charge in [-0.3, -0.25) is 0 Å². The Hall–Kier alpha value is 0.0569. The summed E-state index contributed by atoms with van der Waals surface area (Å²) in [6.07, 6.45) is 1.37. The average molecular weight is 200 g/mol. The molecule has 0 aliphatic heterocycles. The zero-order valence-corrected chi connectivity index (χ0v) is 10.2. The number of hydrogen-bond donors (Lipinski definition) is 0. The minimum atomic E-state index is -0.820. The lowest BCUT2D eigenvalue weighted by atomic mass is 10.8. The molecule has 0 rings (SSSR count). The SMILES string of the molecule is C[N+](C)(C)C[Si](C)(C)C.O.O.O. The van der Waals surface area contributed by atoms with Gasteiger partial charge in [0.05, 0.1) is 27.3 Å². The first-order chi connectivity index (χ1) is 3.71. The second kappa shape index (κ2) is 6.56. The maximum atomic E-state index is 2.41. The second-order valence-corrected chi connectivity index (χ2v) is 10.4. The number of quaternary nitrogens is 1. The molecule has 0 aliphatic carbocycles. The zero-order valence-electron chi connectivity index (χ0n) is 9.15. The molecule has 6 N–H and O–H groups in total. The largest absolute Gasteiger partial charge is 0.412 e. The van der Waals surface area contributed by atoms with Crippen molar-refractivity contribution in [3.8, 4) is 0 Å². The Balaban J connectivity index is -0.000000107. The Morgan fingerprint density at radius 3 is 1.08 bits per heavy atom. The van der Waals surface area contributed by atoms with E-state index < -0.39 is 8.07 Å². The van der Waals surface area contributed by atoms with E-state index in [4.69, 9.17) is 0 Å². The lowest BCUT2D eigenvalue weighted by Crippen LogP contribution is -2.47. The van der Waals surface area contributed by atoms with Crippen LogP contribution in [0.4, 0.5) is 0 Å². The monoisotopic (exact) mass is 200 g/mol. The van der Waals surface area contributed by atoms with Crippen LogP contribution in [0.5, 0.6) is 0 Å². The molecule has 0 aromatic carbocycles. The molecule has 0 bridgehead atoms. The molecule has 0 saturated carbocycles. The molecule has 4 nitrogen and oxygen atoms in total. The predicted octanol–water partition coefficient (Wildman–Crippen LogP) is -0.904. The second-order valence-electron chi connectivity index (χ2n) is 5.01. The van der Waals surface area contributed by atoms with Gasteiger partial charge >= 0.3 is 0 Å². The predicted molar refractivity (Wildman–Crippen MR) is 57.1 cm³/mol. The van der Waals surface area contributed by atoms with Crippen molar-refractivity contribution in [3.63, 3.8) is 0 Å². The molecular weight excluding hydrogens is 174 g/mol. The van der Waals surface area contributed by atoms with Crippen LogP contribution < -0.4 is 0 Å². The third kappa shape index (κ3) is 22.5. The molecule has 12 heavy (non-hydrogen) atoms. The highest BCUT2D eigenvalue weighted by Crippen LogP contribution is 2.05. The molecule has 0 fully saturated rings. The van der Waals surface area contributed by atoms with Crippen LogP contribution in [0.3, 0.4) is 0 Å². The Morgan fingerprint density at radius 1 is 0.833 bits per heavy atom. The van der Waals surface area contributed by atoms with Crippen molar-refractivity contribution in [3.05, 3.63) is 0 Å². The van der Waals surface area contributed by atoms with Crippen molar-refractivity contribution in [2.45, 2.75) is 19.6 Å². The van der Waals surface area contributed by atoms with Gasteiger partial charge in [0.25, 0.3) is 0 Å². The fourth-order valence-corrected chi connectivity index (χ4v) is 4.27. The number of nitrogens with zero attached hydrogens (tertiary/aromatic N) is 1. The summed E-state index contributed by atoms with van der Waals surface area (Å²) < 4.78 is 1.12. The first-order valence-corrected chi connectivity index (χ1v) is 7.22. The summed E-state index contributed by atoms with van der Waals surface area (Å²) in [5.74, 6) is 0. The minimum Gasteiger partial charge on any atom is -0.412 e. The molecule has 0 aliphatic rings. The van der Waals surface area contributed by atoms with E-state index in [0.29, 0.717) is 0 Å². The maximum absolute atomic E-state index is 2.41. The number of rotatable bonds is 2. The van der Waals surface area contributed by atoms with Gasteiger partial charge in [-0.1, -0.05) is 19.6 Å². The van der Waals surface area contributed by atoms with E-state index in [1.807, 2.05) is 0 Å². The third-order valence-electron chi connectivity index (χ3n) is 0.949. The van der Waals surface area contributed by atoms with Crippen LogP contribution in [0.2, 0.25) is 19.6 Å². The lowest BCUT2D eigenvalue weighted by Gasteiger charge is -2.30. The van der Waals surface area contributed by atoms with Crippen molar-refractivity contribution in [2.75, 3.05) is 27.3 Å². The van der Waals surface area contributed by atoms with Gasteiger partial charge in [0.1, 0.15) is 8.07 Å². The van der Waals surface area contributed by atoms with Gasteiger partial charge in [-0.25, -0.2) is 0 Å². The van der Waals surface area contributed by atoms with Gasteiger partial charge in [-0.2, -0.15) is 0 Å². The van der Waals surface area contributed by atoms with Crippen LogP contribution in [-0.2, 0) is 0 Å². The topological polar surface area (TPSA) is 94.5 Å². The third-order valence-corrected chi connectivity index (χ3v) is 2.85. The standard InChI is InChI=1S/C7H20NSi.3H2O/c1-8(2,3)7-9(4,5)6;;;/h7H2,1-6H3;3*1H2/q+1;;;. The van der Waals surface area contributed by atoms with Crippen molar-refractivity contribution < 1.29 is 20.9 Å². The van der Waals surface area contributed by atoms with Crippen LogP contribution in [0.25, 0.3) is 0 Å². The molecule has 0 aromatic heterocycles. The van der Waals surface area contributed by atoms with E-state index in [-0.39, 0.29) is 16.4 Å². The van der Waals surface area contributed by atoms with Gasteiger partial charge in [-0.15, -0.1) is 0 Å². The highest BCUT2D eigenvalue weighted by molar-refractivity contribution is 6.75. The summed E-state index contributed by atoms with van der Waals surface area (Å²) in [5, 5.41) is 0. The maximum Gasteiger partial charge on any atom is 0.110 e. The summed E-state index contributed by atoms with van der Waals surface area (Å²) in [7, 11) is 5.97. The van der Waals surface area contributed by atoms with Gasteiger partial charge in [-0.05, 0) is 0 Å². The Bertz CT molecular complexity index is 83.8. The summed E-state index contributed by atoms with van der Waals surface area (Å²) in [4.78, 5) is 0. The molecule has 0 aromatic rings. The Labute approximate surface area is 76.7 Å². The Kier molecular flexibility index (Phi) is 12.4. The highest BCUT2D eigenvalue weighted by atomic mass is 28.3. The molecule has 0 unspecified atom stereocenters. The zero-order chi connectivity index (χ0) is 7.71. The molecule has 5 heteroatoms. The van der Waals surface area contributed by atoms with Crippen molar-refractivity contribution >= 4 is 8.07 Å². The molecule has 0 atom stereocenters. The summed E-state index contributed by atoms with van der Waals surface area (Å²) >= 11 is 0. The summed E-state index contributed by atoms with van der Waals surface area (Å²) in [6, 6.07) is 0. The normalized spacial score (nSPS) is 10.5. The van der Waals surface area contributed by atoms with Gasteiger partial charge < -0.3 is 20.9 Å². The Morgan fingerprint density at radius 2 is 1.08 bits per heavy atom. The van der Waals surface area contributed by atoms with E-state index in [1.54, 1.807) is 0 Å². The fraction of sp³-hybridized carbons (Fsp3) is 1.00. The average Bonchev–Trinajstić information content (AvgIpc) is 1.14.